The van der Waals surface area contributed by atoms with Gasteiger partial charge in [0.25, 0.3) is 11.8 Å². The number of nitrogens with one attached hydrogen (secondary N) is 3. The molecule has 3 atom stereocenters. The second-order valence-electron chi connectivity index (χ2n) is 8.07. The predicted octanol–water partition coefficient (Wildman–Crippen LogP) is 0.996. The van der Waals surface area contributed by atoms with Crippen LogP contribution in [0.2, 0.25) is 0 Å². The minimum atomic E-state index is -0.590. The average molecular weight is 455 g/mol. The van der Waals surface area contributed by atoms with Crippen LogP contribution in [0.4, 0.5) is 4.79 Å². The van der Waals surface area contributed by atoms with Crippen molar-refractivity contribution in [2.75, 3.05) is 12.3 Å². The third kappa shape index (κ3) is 6.84. The van der Waals surface area contributed by atoms with E-state index < -0.39 is 17.8 Å². The molecule has 0 radical (unpaired) electrons. The Morgan fingerprint density at radius 2 is 1.74 bits per heavy atom. The lowest BCUT2D eigenvalue weighted by Gasteiger charge is -2.16. The smallest absolute Gasteiger partial charge is 0.333 e. The summed E-state index contributed by atoms with van der Waals surface area (Å²) in [5, 5.41) is 9.77. The summed E-state index contributed by atoms with van der Waals surface area (Å²) >= 11 is 1.88. The van der Waals surface area contributed by atoms with E-state index in [4.69, 9.17) is 4.84 Å². The fourth-order valence-electron chi connectivity index (χ4n) is 3.97. The minimum Gasteiger partial charge on any atom is -0.356 e. The molecule has 0 saturated carbocycles. The van der Waals surface area contributed by atoms with E-state index in [0.29, 0.717) is 29.7 Å². The molecule has 10 nitrogen and oxygen atoms in total. The molecule has 0 unspecified atom stereocenters. The number of rotatable bonds is 12. The monoisotopic (exact) mass is 454 g/mol. The summed E-state index contributed by atoms with van der Waals surface area (Å²) < 4.78 is 0. The highest BCUT2D eigenvalue weighted by atomic mass is 32.2. The molecule has 0 aromatic heterocycles. The molecule has 3 aliphatic heterocycles. The van der Waals surface area contributed by atoms with Crippen LogP contribution >= 0.6 is 11.8 Å². The molecule has 3 heterocycles. The van der Waals surface area contributed by atoms with Crippen molar-refractivity contribution in [3.63, 3.8) is 0 Å². The van der Waals surface area contributed by atoms with Crippen LogP contribution in [0.1, 0.15) is 64.2 Å². The molecule has 3 N–H and O–H groups in total. The van der Waals surface area contributed by atoms with Crippen LogP contribution in [0.15, 0.2) is 0 Å². The maximum atomic E-state index is 11.9. The summed E-state index contributed by atoms with van der Waals surface area (Å²) in [6, 6.07) is 0.367. The molecule has 11 heteroatoms. The molecule has 3 saturated heterocycles. The fraction of sp³-hybridized carbons (Fsp3) is 0.750. The van der Waals surface area contributed by atoms with Crippen molar-refractivity contribution in [1.29, 1.82) is 0 Å². The Morgan fingerprint density at radius 3 is 2.52 bits per heavy atom. The second kappa shape index (κ2) is 11.4. The first-order chi connectivity index (χ1) is 14.9. The quantitative estimate of drug-likeness (QED) is 0.227. The van der Waals surface area contributed by atoms with Crippen LogP contribution in [-0.4, -0.2) is 64.4 Å². The van der Waals surface area contributed by atoms with Gasteiger partial charge in [0.1, 0.15) is 0 Å². The number of hydroxylamine groups is 2. The van der Waals surface area contributed by atoms with E-state index in [1.807, 2.05) is 11.8 Å². The molecule has 0 aromatic rings. The molecular weight excluding hydrogens is 424 g/mol. The number of carbonyl (C=O) groups excluding carboxylic acids is 5. The summed E-state index contributed by atoms with van der Waals surface area (Å²) in [4.78, 5) is 62.6. The van der Waals surface area contributed by atoms with E-state index >= 15 is 0 Å². The largest absolute Gasteiger partial charge is 0.356 e. The number of fused-ring (bicyclic) bond motifs is 1. The summed E-state index contributed by atoms with van der Waals surface area (Å²) in [6.07, 6.45) is 5.60. The number of hydrogen-bond donors (Lipinski definition) is 3. The Labute approximate surface area is 185 Å². The van der Waals surface area contributed by atoms with Gasteiger partial charge in [0.15, 0.2) is 0 Å². The highest BCUT2D eigenvalue weighted by Gasteiger charge is 2.42. The van der Waals surface area contributed by atoms with Gasteiger partial charge in [-0.05, 0) is 25.7 Å². The van der Waals surface area contributed by atoms with E-state index in [2.05, 4.69) is 16.0 Å². The van der Waals surface area contributed by atoms with Crippen molar-refractivity contribution in [2.24, 2.45) is 0 Å². The number of urea groups is 1. The van der Waals surface area contributed by atoms with Gasteiger partial charge in [0, 0.05) is 43.2 Å². The zero-order valence-electron chi connectivity index (χ0n) is 17.5. The van der Waals surface area contributed by atoms with Crippen LogP contribution in [0.3, 0.4) is 0 Å². The van der Waals surface area contributed by atoms with Crippen LogP contribution in [0.25, 0.3) is 0 Å². The van der Waals surface area contributed by atoms with Gasteiger partial charge in [-0.1, -0.05) is 12.8 Å². The van der Waals surface area contributed by atoms with Crippen molar-refractivity contribution >= 4 is 41.5 Å². The number of nitrogens with zero attached hydrogens (tertiary/aromatic N) is 1. The number of unbranched alkanes of at least 4 members (excludes halogenated alkanes) is 3. The van der Waals surface area contributed by atoms with Crippen molar-refractivity contribution in [1.82, 2.24) is 21.0 Å². The molecule has 3 rings (SSSR count). The topological polar surface area (TPSA) is 134 Å². The van der Waals surface area contributed by atoms with E-state index in [1.54, 1.807) is 0 Å². The van der Waals surface area contributed by atoms with E-state index in [9.17, 15) is 24.0 Å². The van der Waals surface area contributed by atoms with E-state index in [-0.39, 0.29) is 43.3 Å². The fourth-order valence-corrected chi connectivity index (χ4v) is 5.51. The average Bonchev–Trinajstić information content (AvgIpc) is 3.38. The van der Waals surface area contributed by atoms with Gasteiger partial charge in [-0.3, -0.25) is 14.4 Å². The Bertz CT molecular complexity index is 702. The van der Waals surface area contributed by atoms with Gasteiger partial charge < -0.3 is 20.8 Å². The Morgan fingerprint density at radius 1 is 1.00 bits per heavy atom. The molecule has 5 amide bonds. The van der Waals surface area contributed by atoms with Crippen LogP contribution in [0, 0.1) is 0 Å². The van der Waals surface area contributed by atoms with Crippen molar-refractivity contribution in [3.05, 3.63) is 0 Å². The lowest BCUT2D eigenvalue weighted by atomic mass is 10.0. The summed E-state index contributed by atoms with van der Waals surface area (Å²) in [7, 11) is 0. The minimum absolute atomic E-state index is 0.0262. The SMILES string of the molecule is O=C(CCCC[C@H]1SC[C@@H]2NC(=O)N[C@@H]21)NCCCCCC(=O)ON1C(=O)CCC1=O. The molecule has 0 aromatic carbocycles. The highest BCUT2D eigenvalue weighted by molar-refractivity contribution is 8.00. The number of thioether (sulfide) groups is 1. The molecule has 0 spiro atoms. The summed E-state index contributed by atoms with van der Waals surface area (Å²) in [5.41, 5.74) is 0. The zero-order valence-corrected chi connectivity index (χ0v) is 18.3. The Balaban J connectivity index is 1.15. The van der Waals surface area contributed by atoms with Gasteiger partial charge in [0.2, 0.25) is 5.91 Å². The first kappa shape index (κ1) is 23.4. The van der Waals surface area contributed by atoms with E-state index in [0.717, 1.165) is 37.9 Å². The lowest BCUT2D eigenvalue weighted by Crippen LogP contribution is -2.36. The zero-order chi connectivity index (χ0) is 22.2. The maximum absolute atomic E-state index is 11.9. The highest BCUT2D eigenvalue weighted by Crippen LogP contribution is 2.33. The molecule has 31 heavy (non-hydrogen) atoms. The standard InChI is InChI=1S/C20H30N4O6S/c25-15(7-4-3-6-14-19-13(12-31-14)22-20(29)23-19)21-11-5-1-2-8-18(28)30-24-16(26)9-10-17(24)27/h13-14,19H,1-12H2,(H,21,25)(H2,22,23,29)/t13-,14+,19-/m0/s1. The van der Waals surface area contributed by atoms with Crippen molar-refractivity contribution in [3.8, 4) is 0 Å². The van der Waals surface area contributed by atoms with E-state index in [1.165, 1.54) is 0 Å². The number of imide groups is 1. The first-order valence-corrected chi connectivity index (χ1v) is 12.0. The summed E-state index contributed by atoms with van der Waals surface area (Å²) in [5.74, 6) is -0.574. The second-order valence-corrected chi connectivity index (χ2v) is 9.35. The number of carbonyl (C=O) groups is 5. The molecule has 172 valence electrons. The van der Waals surface area contributed by atoms with Gasteiger partial charge >= 0.3 is 12.0 Å². The predicted molar refractivity (Wildman–Crippen MR) is 113 cm³/mol. The number of hydrogen-bond acceptors (Lipinski definition) is 7. The molecule has 3 fully saturated rings. The Kier molecular flexibility index (Phi) is 8.56. The lowest BCUT2D eigenvalue weighted by molar-refractivity contribution is -0.197. The molecule has 0 bridgehead atoms. The summed E-state index contributed by atoms with van der Waals surface area (Å²) in [6.45, 7) is 0.552. The molecule has 3 aliphatic rings. The first-order valence-electron chi connectivity index (χ1n) is 11.0. The third-order valence-corrected chi connectivity index (χ3v) is 7.17. The number of amides is 5. The van der Waals surface area contributed by atoms with Crippen LogP contribution in [-0.2, 0) is 24.0 Å². The van der Waals surface area contributed by atoms with Gasteiger partial charge in [0.05, 0.1) is 12.1 Å². The van der Waals surface area contributed by atoms with Gasteiger partial charge in [-0.15, -0.1) is 5.06 Å². The van der Waals surface area contributed by atoms with Crippen LogP contribution in [0.5, 0.6) is 0 Å². The maximum Gasteiger partial charge on any atom is 0.333 e. The van der Waals surface area contributed by atoms with Gasteiger partial charge in [-0.25, -0.2) is 9.59 Å². The Hall–Kier alpha value is -2.30. The van der Waals surface area contributed by atoms with Gasteiger partial charge in [-0.2, -0.15) is 11.8 Å². The van der Waals surface area contributed by atoms with Crippen molar-refractivity contribution < 1.29 is 28.8 Å². The molecular formula is C20H30N4O6S. The van der Waals surface area contributed by atoms with Crippen molar-refractivity contribution in [2.45, 2.75) is 81.5 Å². The van der Waals surface area contributed by atoms with Crippen LogP contribution < -0.4 is 16.0 Å². The third-order valence-electron chi connectivity index (χ3n) is 5.66. The normalized spacial score (nSPS) is 24.7. The molecule has 0 aliphatic carbocycles.